The Morgan fingerprint density at radius 3 is 2.60 bits per heavy atom. The first-order valence-electron chi connectivity index (χ1n) is 7.87. The van der Waals surface area contributed by atoms with Crippen molar-refractivity contribution in [1.82, 2.24) is 20.7 Å². The molecule has 7 nitrogen and oxygen atoms in total. The summed E-state index contributed by atoms with van der Waals surface area (Å²) in [6, 6.07) is 15.1. The lowest BCUT2D eigenvalue weighted by Gasteiger charge is -2.35. The fourth-order valence-electron chi connectivity index (χ4n) is 3.05. The molecular formula is C18H17N5O2. The van der Waals surface area contributed by atoms with Gasteiger partial charge in [0.05, 0.1) is 18.4 Å². The van der Waals surface area contributed by atoms with Crippen LogP contribution in [0.3, 0.4) is 0 Å². The number of aromatic nitrogens is 3. The molecule has 0 bridgehead atoms. The summed E-state index contributed by atoms with van der Waals surface area (Å²) in [4.78, 5) is 14.4. The maximum absolute atomic E-state index is 12.5. The van der Waals surface area contributed by atoms with Crippen LogP contribution in [0.5, 0.6) is 5.75 Å². The van der Waals surface area contributed by atoms with E-state index in [1.54, 1.807) is 7.11 Å². The molecule has 1 unspecified atom stereocenters. The number of para-hydroxylation sites is 1. The van der Waals surface area contributed by atoms with Gasteiger partial charge >= 0.3 is 0 Å². The highest BCUT2D eigenvalue weighted by Gasteiger charge is 2.32. The lowest BCUT2D eigenvalue weighted by atomic mass is 10.0. The van der Waals surface area contributed by atoms with Gasteiger partial charge < -0.3 is 15.0 Å². The summed E-state index contributed by atoms with van der Waals surface area (Å²) >= 11 is 0. The van der Waals surface area contributed by atoms with E-state index in [1.165, 1.54) is 0 Å². The molecule has 0 saturated carbocycles. The Labute approximate surface area is 144 Å². The standard InChI is InChI=1S/C18H17N5O2/c1-23-14-6-4-3-5-13(14)18(24)19-17(23)16-15(20-22-21-16)11-7-9-12(25-2)10-8-11/h3-10,17H,1-2H3,(H,19,24)(H,20,21,22). The minimum absolute atomic E-state index is 0.123. The number of nitrogens with one attached hydrogen (secondary N) is 2. The first-order chi connectivity index (χ1) is 12.2. The van der Waals surface area contributed by atoms with Crippen LogP contribution >= 0.6 is 0 Å². The molecule has 0 aliphatic carbocycles. The zero-order valence-electron chi connectivity index (χ0n) is 13.9. The Balaban J connectivity index is 1.74. The summed E-state index contributed by atoms with van der Waals surface area (Å²) in [5.41, 5.74) is 3.76. The van der Waals surface area contributed by atoms with E-state index >= 15 is 0 Å². The number of hydrogen-bond acceptors (Lipinski definition) is 5. The number of fused-ring (bicyclic) bond motifs is 1. The van der Waals surface area contributed by atoms with E-state index in [9.17, 15) is 4.79 Å². The van der Waals surface area contributed by atoms with Crippen LogP contribution in [0.15, 0.2) is 48.5 Å². The van der Waals surface area contributed by atoms with Crippen LogP contribution in [0.1, 0.15) is 22.2 Å². The molecule has 3 aromatic rings. The van der Waals surface area contributed by atoms with Gasteiger partial charge in [-0.25, -0.2) is 0 Å². The number of anilines is 1. The average molecular weight is 335 g/mol. The Morgan fingerprint density at radius 1 is 1.08 bits per heavy atom. The molecule has 4 rings (SSSR count). The molecule has 2 N–H and O–H groups in total. The summed E-state index contributed by atoms with van der Waals surface area (Å²) in [6.07, 6.45) is -0.404. The molecule has 1 aliphatic heterocycles. The topological polar surface area (TPSA) is 83.1 Å². The van der Waals surface area contributed by atoms with Gasteiger partial charge in [-0.15, -0.1) is 0 Å². The number of amides is 1. The Kier molecular flexibility index (Phi) is 3.61. The zero-order valence-corrected chi connectivity index (χ0v) is 13.9. The van der Waals surface area contributed by atoms with Crippen LogP contribution < -0.4 is 15.0 Å². The lowest BCUT2D eigenvalue weighted by Crippen LogP contribution is -2.45. The fraction of sp³-hybridized carbons (Fsp3) is 0.167. The average Bonchev–Trinajstić information content (AvgIpc) is 3.14. The second-order valence-electron chi connectivity index (χ2n) is 5.79. The van der Waals surface area contributed by atoms with E-state index in [2.05, 4.69) is 20.7 Å². The SMILES string of the molecule is COc1ccc(-c2n[nH]nc2C2NC(=O)c3ccccc3N2C)cc1. The third-order valence-electron chi connectivity index (χ3n) is 4.38. The molecule has 7 heteroatoms. The molecule has 25 heavy (non-hydrogen) atoms. The van der Waals surface area contributed by atoms with Gasteiger partial charge in [0.25, 0.3) is 5.91 Å². The number of nitrogens with zero attached hydrogens (tertiary/aromatic N) is 3. The molecule has 1 aromatic heterocycles. The maximum Gasteiger partial charge on any atom is 0.255 e. The molecule has 0 radical (unpaired) electrons. The van der Waals surface area contributed by atoms with Gasteiger partial charge in [-0.05, 0) is 36.4 Å². The molecule has 1 amide bonds. The minimum atomic E-state index is -0.404. The van der Waals surface area contributed by atoms with Gasteiger partial charge in [0.1, 0.15) is 23.3 Å². The van der Waals surface area contributed by atoms with Crippen LogP contribution in [0.2, 0.25) is 0 Å². The second-order valence-corrected chi connectivity index (χ2v) is 5.79. The van der Waals surface area contributed by atoms with E-state index < -0.39 is 6.17 Å². The quantitative estimate of drug-likeness (QED) is 0.768. The van der Waals surface area contributed by atoms with E-state index in [1.807, 2.05) is 60.5 Å². The summed E-state index contributed by atoms with van der Waals surface area (Å²) in [7, 11) is 3.55. The van der Waals surface area contributed by atoms with Crippen LogP contribution in [-0.4, -0.2) is 35.5 Å². The van der Waals surface area contributed by atoms with Gasteiger partial charge in [0, 0.05) is 12.6 Å². The fourth-order valence-corrected chi connectivity index (χ4v) is 3.05. The van der Waals surface area contributed by atoms with Crippen molar-refractivity contribution in [2.24, 2.45) is 0 Å². The lowest BCUT2D eigenvalue weighted by molar-refractivity contribution is 0.0927. The molecule has 1 aliphatic rings. The summed E-state index contributed by atoms with van der Waals surface area (Å²) in [6.45, 7) is 0. The molecular weight excluding hydrogens is 318 g/mol. The van der Waals surface area contributed by atoms with Gasteiger partial charge in [-0.2, -0.15) is 15.4 Å². The summed E-state index contributed by atoms with van der Waals surface area (Å²) in [5.74, 6) is 0.646. The number of hydrogen-bond donors (Lipinski definition) is 2. The molecule has 0 spiro atoms. The van der Waals surface area contributed by atoms with Gasteiger partial charge in [-0.1, -0.05) is 12.1 Å². The van der Waals surface area contributed by atoms with Gasteiger partial charge in [-0.3, -0.25) is 4.79 Å². The number of aromatic amines is 1. The second kappa shape index (κ2) is 5.94. The van der Waals surface area contributed by atoms with Crippen molar-refractivity contribution in [2.45, 2.75) is 6.17 Å². The highest BCUT2D eigenvalue weighted by Crippen LogP contribution is 2.34. The summed E-state index contributed by atoms with van der Waals surface area (Å²) < 4.78 is 5.19. The molecule has 0 fully saturated rings. The number of rotatable bonds is 3. The van der Waals surface area contributed by atoms with E-state index in [-0.39, 0.29) is 5.91 Å². The van der Waals surface area contributed by atoms with E-state index in [4.69, 9.17) is 4.74 Å². The third kappa shape index (κ3) is 2.50. The van der Waals surface area contributed by atoms with Crippen molar-refractivity contribution in [2.75, 3.05) is 19.1 Å². The number of methoxy groups -OCH3 is 1. The zero-order chi connectivity index (χ0) is 17.4. The first kappa shape index (κ1) is 15.2. The van der Waals surface area contributed by atoms with Crippen molar-refractivity contribution in [3.05, 3.63) is 59.8 Å². The highest BCUT2D eigenvalue weighted by atomic mass is 16.5. The molecule has 2 aromatic carbocycles. The predicted molar refractivity (Wildman–Crippen MR) is 93.4 cm³/mol. The maximum atomic E-state index is 12.5. The van der Waals surface area contributed by atoms with Crippen LogP contribution in [-0.2, 0) is 0 Å². The van der Waals surface area contributed by atoms with Crippen LogP contribution in [0, 0.1) is 0 Å². The van der Waals surface area contributed by atoms with E-state index in [0.717, 1.165) is 17.0 Å². The summed E-state index contributed by atoms with van der Waals surface area (Å²) in [5, 5.41) is 14.2. The number of H-pyrrole nitrogens is 1. The normalized spacial score (nSPS) is 16.3. The van der Waals surface area contributed by atoms with Crippen LogP contribution in [0.25, 0.3) is 11.3 Å². The van der Waals surface area contributed by atoms with Gasteiger partial charge in [0.15, 0.2) is 0 Å². The highest BCUT2D eigenvalue weighted by molar-refractivity contribution is 6.02. The third-order valence-corrected chi connectivity index (χ3v) is 4.38. The predicted octanol–water partition coefficient (Wildman–Crippen LogP) is 2.36. The van der Waals surface area contributed by atoms with Crippen molar-refractivity contribution in [1.29, 1.82) is 0 Å². The Bertz CT molecular complexity index is 919. The largest absolute Gasteiger partial charge is 0.497 e. The van der Waals surface area contributed by atoms with Crippen LogP contribution in [0.4, 0.5) is 5.69 Å². The van der Waals surface area contributed by atoms with Crippen molar-refractivity contribution < 1.29 is 9.53 Å². The smallest absolute Gasteiger partial charge is 0.255 e. The Hall–Kier alpha value is -3.35. The molecule has 2 heterocycles. The number of ether oxygens (including phenoxy) is 1. The number of carbonyl (C=O) groups is 1. The van der Waals surface area contributed by atoms with Crippen molar-refractivity contribution in [3.63, 3.8) is 0 Å². The van der Waals surface area contributed by atoms with Crippen molar-refractivity contribution >= 4 is 11.6 Å². The number of carbonyl (C=O) groups excluding carboxylic acids is 1. The minimum Gasteiger partial charge on any atom is -0.497 e. The van der Waals surface area contributed by atoms with Crippen molar-refractivity contribution in [3.8, 4) is 17.0 Å². The number of benzene rings is 2. The first-order valence-corrected chi connectivity index (χ1v) is 7.87. The van der Waals surface area contributed by atoms with E-state index in [0.29, 0.717) is 17.0 Å². The molecule has 126 valence electrons. The molecule has 0 saturated heterocycles. The Morgan fingerprint density at radius 2 is 1.84 bits per heavy atom. The monoisotopic (exact) mass is 335 g/mol. The van der Waals surface area contributed by atoms with Gasteiger partial charge in [0.2, 0.25) is 0 Å². The molecule has 1 atom stereocenters.